The van der Waals surface area contributed by atoms with Gasteiger partial charge in [0.1, 0.15) is 151 Å². The molecule has 57 heteroatoms. The fraction of sp³-hybridized carbons (Fsp3) is 0.500. The minimum absolute atomic E-state index is 0.00757. The molecular formula is C50H61N25O28P4. The molecular weight excluding hydrogens is 1520 g/mol. The quantitative estimate of drug-likeness (QED) is 0.0225. The van der Waals surface area contributed by atoms with Crippen LogP contribution >= 0.6 is 31.3 Å². The summed E-state index contributed by atoms with van der Waals surface area (Å²) >= 11 is 0. The van der Waals surface area contributed by atoms with E-state index < -0.39 is 187 Å². The van der Waals surface area contributed by atoms with E-state index in [1.54, 1.807) is 0 Å². The van der Waals surface area contributed by atoms with Gasteiger partial charge in [0, 0.05) is 0 Å². The maximum absolute atomic E-state index is 14.3. The number of aliphatic hydroxyl groups excluding tert-OH is 7. The Balaban J connectivity index is 0.636. The molecule has 574 valence electrons. The Kier molecular flexibility index (Phi) is 19.8. The largest absolute Gasteiger partial charge is 0.472 e. The second kappa shape index (κ2) is 28.6. The van der Waals surface area contributed by atoms with E-state index in [1.807, 2.05) is 0 Å². The summed E-state index contributed by atoms with van der Waals surface area (Å²) in [7, 11) is -22.3. The monoisotopic (exact) mass is 1580 g/mol. The highest BCUT2D eigenvalue weighted by Crippen LogP contribution is 2.56. The zero-order chi connectivity index (χ0) is 75.5. The van der Waals surface area contributed by atoms with Crippen LogP contribution in [0.3, 0.4) is 0 Å². The predicted molar refractivity (Wildman–Crippen MR) is 344 cm³/mol. The lowest BCUT2D eigenvalue weighted by Gasteiger charge is -2.25. The van der Waals surface area contributed by atoms with Gasteiger partial charge in [-0.15, -0.1) is 0 Å². The van der Waals surface area contributed by atoms with Crippen molar-refractivity contribution < 1.29 is 133 Å². The summed E-state index contributed by atoms with van der Waals surface area (Å²) in [6.07, 6.45) is -25.7. The first kappa shape index (κ1) is 74.2. The molecule has 0 saturated carbocycles. The van der Waals surface area contributed by atoms with Crippen LogP contribution in [0.15, 0.2) is 63.3 Å². The molecule has 5 aliphatic rings. The van der Waals surface area contributed by atoms with E-state index in [2.05, 4.69) is 74.8 Å². The topological polar surface area (TPSA) is 759 Å². The molecule has 15 heterocycles. The summed E-state index contributed by atoms with van der Waals surface area (Å²) in [5, 5.41) is 79.0. The van der Waals surface area contributed by atoms with Crippen molar-refractivity contribution in [1.29, 1.82) is 0 Å². The standard InChI is InChI=1S/C50H61N25O28P4/c51-36-21-41(61-6-56-36)71(11-66-21)46-31(82)26(77)17(96-46)2-91-104(83,84)101-33-28(79)19(98-48(33)73-13-68-23-38(53)58-8-63-43(23)73)4-93-106(87,88)103-35-30(81)20(99-50(35)75-15-70-25-40(55)60-10-65-45(25)75)5-94-107(89,90)102-34-29(80)18(97-49(34)74-14-69-24-39(54)59-9-64-44(24)74)3-92-105(85,86)100-32-27(78)16(1-76)95-47(32)72-12-67-22-37(52)57-7-62-42(22)72/h6-20,26-35,46-50,76-82H,1-5H2,(H,83,84)(H,85,86)(H,87,88)(H,89,90)(H2,51,56,61)(H2,52,57,62)(H2,53,58,63)(H2,54,59,64)(H2,55,60,65)/t16-,17-,18-,19-,20-,26-,27-,28-,29-,30-,31-,32-,33-,34-,35-,46?,47?,48?,49?,50?/m1/s1. The van der Waals surface area contributed by atoms with Gasteiger partial charge in [-0.2, -0.15) is 0 Å². The first-order valence-corrected chi connectivity index (χ1v) is 37.2. The van der Waals surface area contributed by atoms with E-state index in [1.165, 1.54) is 15.5 Å². The lowest BCUT2D eigenvalue weighted by molar-refractivity contribution is -0.0662. The van der Waals surface area contributed by atoms with Gasteiger partial charge < -0.3 is 108 Å². The number of aromatic nitrogens is 20. The number of hydrogen-bond acceptors (Lipinski definition) is 44. The molecule has 9 unspecified atom stereocenters. The molecule has 0 spiro atoms. The molecule has 0 aromatic carbocycles. The number of phosphoric ester groups is 4. The number of nitrogens with two attached hydrogens (primary N) is 5. The molecule has 0 bridgehead atoms. The summed E-state index contributed by atoms with van der Waals surface area (Å²) < 4.78 is 135. The maximum Gasteiger partial charge on any atom is 0.472 e. The van der Waals surface area contributed by atoms with Crippen LogP contribution in [-0.4, -0.2) is 278 Å². The van der Waals surface area contributed by atoms with Gasteiger partial charge in [-0.05, 0) is 0 Å². The number of nitrogens with zero attached hydrogens (tertiary/aromatic N) is 20. The molecule has 5 saturated heterocycles. The molecule has 10 aromatic rings. The first-order valence-electron chi connectivity index (χ1n) is 31.2. The molecule has 0 aliphatic carbocycles. The second-order valence-electron chi connectivity index (χ2n) is 24.2. The minimum Gasteiger partial charge on any atom is -0.394 e. The number of phosphoric acid groups is 4. The molecule has 5 fully saturated rings. The Morgan fingerprint density at radius 1 is 0.318 bits per heavy atom. The Bertz CT molecular complexity index is 5180. The van der Waals surface area contributed by atoms with E-state index in [0.717, 1.165) is 70.6 Å². The van der Waals surface area contributed by atoms with Gasteiger partial charge in [-0.3, -0.25) is 59.0 Å². The van der Waals surface area contributed by atoms with E-state index in [-0.39, 0.29) is 84.9 Å². The van der Waals surface area contributed by atoms with Crippen LogP contribution in [0.25, 0.3) is 55.8 Å². The number of ether oxygens (including phenoxy) is 5. The number of fused-ring (bicyclic) bond motifs is 5. The highest BCUT2D eigenvalue weighted by atomic mass is 31.2. The van der Waals surface area contributed by atoms with Crippen molar-refractivity contribution in [2.45, 2.75) is 123 Å². The Hall–Kier alpha value is -8.29. The summed E-state index contributed by atoms with van der Waals surface area (Å²) in [6, 6.07) is 0. The molecule has 5 aliphatic heterocycles. The van der Waals surface area contributed by atoms with Gasteiger partial charge in [0.05, 0.1) is 64.7 Å². The third-order valence-corrected chi connectivity index (χ3v) is 21.6. The number of rotatable bonds is 26. The van der Waals surface area contributed by atoms with E-state index in [4.69, 9.17) is 88.5 Å². The molecule has 15 rings (SSSR count). The fourth-order valence-electron chi connectivity index (χ4n) is 12.6. The van der Waals surface area contributed by atoms with Crippen molar-refractivity contribution in [3.05, 3.63) is 63.3 Å². The lowest BCUT2D eigenvalue weighted by atomic mass is 10.1. The molecule has 0 radical (unpaired) electrons. The van der Waals surface area contributed by atoms with Crippen molar-refractivity contribution >= 4 is 116 Å². The third kappa shape index (κ3) is 14.0. The zero-order valence-electron chi connectivity index (χ0n) is 53.8. The average Bonchev–Trinajstić information content (AvgIpc) is 1.63. The number of nitrogen functional groups attached to an aromatic ring is 5. The second-order valence-corrected chi connectivity index (χ2v) is 29.8. The third-order valence-electron chi connectivity index (χ3n) is 17.7. The van der Waals surface area contributed by atoms with Crippen LogP contribution in [0.5, 0.6) is 0 Å². The summed E-state index contributed by atoms with van der Waals surface area (Å²) in [4.78, 5) is 106. The Morgan fingerprint density at radius 3 is 0.785 bits per heavy atom. The molecule has 53 nitrogen and oxygen atoms in total. The normalized spacial score (nSPS) is 32.1. The van der Waals surface area contributed by atoms with Gasteiger partial charge in [0.25, 0.3) is 0 Å². The van der Waals surface area contributed by atoms with Crippen molar-refractivity contribution in [2.75, 3.05) is 61.7 Å². The van der Waals surface area contributed by atoms with Crippen molar-refractivity contribution in [1.82, 2.24) is 97.6 Å². The maximum atomic E-state index is 14.3. The van der Waals surface area contributed by atoms with Gasteiger partial charge in [0.15, 0.2) is 88.5 Å². The fourth-order valence-corrected chi connectivity index (χ4v) is 16.3. The predicted octanol–water partition coefficient (Wildman–Crippen LogP) is -5.25. The van der Waals surface area contributed by atoms with Gasteiger partial charge in [-0.25, -0.2) is 93.0 Å². The van der Waals surface area contributed by atoms with E-state index in [0.29, 0.717) is 0 Å². The molecule has 21 N–H and O–H groups in total. The van der Waals surface area contributed by atoms with Crippen molar-refractivity contribution in [3.63, 3.8) is 0 Å². The van der Waals surface area contributed by atoms with Crippen LogP contribution in [0.1, 0.15) is 31.1 Å². The molecule has 0 amide bonds. The van der Waals surface area contributed by atoms with Gasteiger partial charge in [0.2, 0.25) is 0 Å². The Labute approximate surface area is 593 Å². The summed E-state index contributed by atoms with van der Waals surface area (Å²) in [5.41, 5.74) is 29.9. The number of aliphatic hydroxyl groups is 7. The Morgan fingerprint density at radius 2 is 0.533 bits per heavy atom. The van der Waals surface area contributed by atoms with Crippen molar-refractivity contribution in [2.24, 2.45) is 0 Å². The SMILES string of the molecule is Nc1ncnc2c1ncn2C1O[C@H](COP(=O)(O)O[C@H]2C(n3cnc4c(N)ncnc43)O[C@H](COP(=O)(O)O[C@H]3C(n4cnc5c(N)ncnc54)O[C@H](COP(=O)(O)O[C@H]4C(n5cnc6c(N)ncnc65)O[C@H](COP(=O)(O)O[C@H]5C(n6cnc7c(N)ncnc76)O[C@H](CO)[C@H]5O)[C@H]4O)[C@H]3O)[C@H]2O)[C@@H](O)[C@H]1O. The molecule has 24 atom stereocenters. The number of hydrogen-bond donors (Lipinski definition) is 16. The van der Waals surface area contributed by atoms with Crippen LogP contribution in [0, 0.1) is 0 Å². The number of imidazole rings is 5. The van der Waals surface area contributed by atoms with Gasteiger partial charge >= 0.3 is 31.3 Å². The summed E-state index contributed by atoms with van der Waals surface area (Å²) in [6.45, 7) is -5.19. The van der Waals surface area contributed by atoms with Crippen molar-refractivity contribution in [3.8, 4) is 0 Å². The van der Waals surface area contributed by atoms with Crippen LogP contribution in [0.4, 0.5) is 29.1 Å². The highest BCUT2D eigenvalue weighted by Gasteiger charge is 2.57. The van der Waals surface area contributed by atoms with Crippen LogP contribution in [0.2, 0.25) is 0 Å². The first-order chi connectivity index (χ1) is 51.0. The average molecular weight is 1580 g/mol. The van der Waals surface area contributed by atoms with Gasteiger partial charge in [-0.1, -0.05) is 0 Å². The number of anilines is 5. The van der Waals surface area contributed by atoms with E-state index in [9.17, 15) is 73.6 Å². The zero-order valence-corrected chi connectivity index (χ0v) is 57.4. The van der Waals surface area contributed by atoms with Crippen LogP contribution < -0.4 is 28.7 Å². The molecule has 10 aromatic heterocycles. The minimum atomic E-state index is -5.69. The van der Waals surface area contributed by atoms with Crippen LogP contribution in [-0.2, 0) is 78.1 Å². The van der Waals surface area contributed by atoms with E-state index >= 15 is 0 Å². The highest BCUT2D eigenvalue weighted by molar-refractivity contribution is 7.48. The lowest BCUT2D eigenvalue weighted by Crippen LogP contribution is -2.37. The summed E-state index contributed by atoms with van der Waals surface area (Å²) in [5.74, 6) is -0.529. The molecule has 107 heavy (non-hydrogen) atoms. The smallest absolute Gasteiger partial charge is 0.394 e.